The third-order valence-corrected chi connectivity index (χ3v) is 6.50. The molecule has 0 fully saturated rings. The average Bonchev–Trinajstić information content (AvgIpc) is 2.76. The van der Waals surface area contributed by atoms with E-state index in [0.717, 1.165) is 13.5 Å². The number of rotatable bonds is 25. The maximum Gasteiger partial charge on any atom is 0.472 e. The smallest absolute Gasteiger partial charge is 0.379 e. The normalized spacial score (nSPS) is 14.7. The molecular weight excluding hydrogens is 427 g/mol. The van der Waals surface area contributed by atoms with E-state index in [1.54, 1.807) is 0 Å². The number of phosphoric acid groups is 1. The summed E-state index contributed by atoms with van der Waals surface area (Å²) in [6.45, 7) is 7.10. The zero-order valence-electron chi connectivity index (χ0n) is 21.5. The van der Waals surface area contributed by atoms with Gasteiger partial charge >= 0.3 is 7.82 Å². The first-order chi connectivity index (χ1) is 15.4. The largest absolute Gasteiger partial charge is 0.472 e. The summed E-state index contributed by atoms with van der Waals surface area (Å²) in [6.07, 6.45) is 21.2. The molecule has 0 saturated heterocycles. The molecule has 0 rings (SSSR count). The molecule has 0 aliphatic heterocycles. The van der Waals surface area contributed by atoms with E-state index in [9.17, 15) is 9.46 Å². The quantitative estimate of drug-likeness (QED) is 0.106. The van der Waals surface area contributed by atoms with Crippen LogP contribution in [0.2, 0.25) is 0 Å². The Bertz CT molecular complexity index is 433. The lowest BCUT2D eigenvalue weighted by Gasteiger charge is -2.21. The van der Waals surface area contributed by atoms with E-state index in [0.29, 0.717) is 13.2 Å². The Kier molecular flexibility index (Phi) is 22.8. The van der Waals surface area contributed by atoms with Crippen molar-refractivity contribution in [2.75, 3.05) is 26.9 Å². The Morgan fingerprint density at radius 3 is 1.56 bits per heavy atom. The zero-order chi connectivity index (χ0) is 23.9. The van der Waals surface area contributed by atoms with Crippen LogP contribution >= 0.6 is 7.82 Å². The number of hydrogen-bond donors (Lipinski definition) is 1. The molecule has 0 saturated carbocycles. The van der Waals surface area contributed by atoms with Crippen LogP contribution in [0.4, 0.5) is 0 Å². The van der Waals surface area contributed by atoms with E-state index >= 15 is 0 Å². The Labute approximate surface area is 198 Å². The molecule has 0 heterocycles. The van der Waals surface area contributed by atoms with Gasteiger partial charge in [0.1, 0.15) is 6.10 Å². The van der Waals surface area contributed by atoms with Crippen LogP contribution in [0.5, 0.6) is 0 Å². The molecular formula is C25H53O6P. The molecule has 1 N–H and O–H groups in total. The second-order valence-corrected chi connectivity index (χ2v) is 10.7. The minimum atomic E-state index is -3.98. The standard InChI is InChI=1S/C25H53O6P/c1-5-6-7-8-9-10-11-12-13-14-15-16-17-18-19-20-21-29-22-25(31-24(2)3)23-30-32(26,27)28-4/h24-25H,5-23H2,1-4H3,(H,26,27)/t25-/m1/s1. The molecule has 1 unspecified atom stereocenters. The molecule has 0 spiro atoms. The fraction of sp³-hybridized carbons (Fsp3) is 1.00. The Morgan fingerprint density at radius 2 is 1.16 bits per heavy atom. The molecule has 2 atom stereocenters. The van der Waals surface area contributed by atoms with Gasteiger partial charge < -0.3 is 14.4 Å². The Morgan fingerprint density at radius 1 is 0.719 bits per heavy atom. The summed E-state index contributed by atoms with van der Waals surface area (Å²) in [7, 11) is -2.84. The summed E-state index contributed by atoms with van der Waals surface area (Å²) in [6, 6.07) is 0. The molecule has 0 bridgehead atoms. The van der Waals surface area contributed by atoms with E-state index in [2.05, 4.69) is 11.4 Å². The highest BCUT2D eigenvalue weighted by Gasteiger charge is 2.22. The van der Waals surface area contributed by atoms with E-state index in [1.165, 1.54) is 96.3 Å². The number of ether oxygens (including phenoxy) is 2. The fourth-order valence-corrected chi connectivity index (χ4v) is 4.17. The summed E-state index contributed by atoms with van der Waals surface area (Å²) >= 11 is 0. The number of unbranched alkanes of at least 4 members (excludes halogenated alkanes) is 15. The maximum atomic E-state index is 11.4. The summed E-state index contributed by atoms with van der Waals surface area (Å²) in [5.41, 5.74) is 0. The van der Waals surface area contributed by atoms with E-state index in [1.807, 2.05) is 13.8 Å². The van der Waals surface area contributed by atoms with Gasteiger partial charge in [-0.15, -0.1) is 0 Å². The highest BCUT2D eigenvalue weighted by atomic mass is 31.2. The van der Waals surface area contributed by atoms with Gasteiger partial charge in [0.2, 0.25) is 0 Å². The zero-order valence-corrected chi connectivity index (χ0v) is 22.4. The molecule has 0 aromatic rings. The van der Waals surface area contributed by atoms with Crippen LogP contribution in [0.1, 0.15) is 124 Å². The van der Waals surface area contributed by atoms with Crippen LogP contribution in [0.3, 0.4) is 0 Å². The van der Waals surface area contributed by atoms with Crippen molar-refractivity contribution in [2.45, 2.75) is 136 Å². The lowest BCUT2D eigenvalue weighted by atomic mass is 10.0. The Balaban J connectivity index is 3.46. The van der Waals surface area contributed by atoms with Gasteiger partial charge in [0, 0.05) is 13.7 Å². The number of hydrogen-bond acceptors (Lipinski definition) is 5. The molecule has 0 aromatic carbocycles. The van der Waals surface area contributed by atoms with Gasteiger partial charge in [-0.25, -0.2) is 4.57 Å². The monoisotopic (exact) mass is 480 g/mol. The van der Waals surface area contributed by atoms with Gasteiger partial charge in [-0.2, -0.15) is 0 Å². The van der Waals surface area contributed by atoms with Gasteiger partial charge in [-0.3, -0.25) is 9.05 Å². The highest BCUT2D eigenvalue weighted by Crippen LogP contribution is 2.42. The highest BCUT2D eigenvalue weighted by molar-refractivity contribution is 7.47. The fourth-order valence-electron chi connectivity index (χ4n) is 3.71. The van der Waals surface area contributed by atoms with Crippen molar-refractivity contribution in [1.82, 2.24) is 0 Å². The van der Waals surface area contributed by atoms with Crippen molar-refractivity contribution < 1.29 is 28.0 Å². The van der Waals surface area contributed by atoms with Gasteiger partial charge in [0.25, 0.3) is 0 Å². The van der Waals surface area contributed by atoms with E-state index < -0.39 is 7.82 Å². The van der Waals surface area contributed by atoms with Crippen molar-refractivity contribution in [1.29, 1.82) is 0 Å². The van der Waals surface area contributed by atoms with Crippen LogP contribution in [0.25, 0.3) is 0 Å². The first-order valence-electron chi connectivity index (χ1n) is 13.2. The van der Waals surface area contributed by atoms with Crippen molar-refractivity contribution in [3.8, 4) is 0 Å². The second kappa shape index (κ2) is 22.8. The van der Waals surface area contributed by atoms with Crippen LogP contribution in [-0.4, -0.2) is 44.0 Å². The third kappa shape index (κ3) is 23.2. The van der Waals surface area contributed by atoms with Crippen molar-refractivity contribution in [2.24, 2.45) is 0 Å². The SMILES string of the molecule is CCCCCCCCCCCCCCCCCCOC[C@H](COP(=O)(O)OC)OC(C)C. The van der Waals surface area contributed by atoms with Crippen LogP contribution < -0.4 is 0 Å². The average molecular weight is 481 g/mol. The minimum Gasteiger partial charge on any atom is -0.379 e. The van der Waals surface area contributed by atoms with Gasteiger partial charge in [-0.05, 0) is 20.3 Å². The van der Waals surface area contributed by atoms with E-state index in [-0.39, 0.29) is 18.8 Å². The molecule has 0 aliphatic carbocycles. The summed E-state index contributed by atoms with van der Waals surface area (Å²) in [5.74, 6) is 0. The minimum absolute atomic E-state index is 0.0108. The maximum absolute atomic E-state index is 11.4. The second-order valence-electron chi connectivity index (χ2n) is 9.13. The molecule has 7 heteroatoms. The topological polar surface area (TPSA) is 74.2 Å². The first kappa shape index (κ1) is 32.0. The molecule has 32 heavy (non-hydrogen) atoms. The summed E-state index contributed by atoms with van der Waals surface area (Å²) in [4.78, 5) is 9.35. The molecule has 6 nitrogen and oxygen atoms in total. The Hall–Kier alpha value is 0.0300. The van der Waals surface area contributed by atoms with Crippen LogP contribution in [0, 0.1) is 0 Å². The first-order valence-corrected chi connectivity index (χ1v) is 14.7. The van der Waals surface area contributed by atoms with Crippen LogP contribution in [0.15, 0.2) is 0 Å². The van der Waals surface area contributed by atoms with Gasteiger partial charge in [-0.1, -0.05) is 103 Å². The lowest BCUT2D eigenvalue weighted by Crippen LogP contribution is -2.28. The van der Waals surface area contributed by atoms with Crippen LogP contribution in [-0.2, 0) is 23.1 Å². The molecule has 0 radical (unpaired) electrons. The predicted octanol–water partition coefficient (Wildman–Crippen LogP) is 7.82. The van der Waals surface area contributed by atoms with Crippen molar-refractivity contribution >= 4 is 7.82 Å². The van der Waals surface area contributed by atoms with Crippen molar-refractivity contribution in [3.63, 3.8) is 0 Å². The third-order valence-electron chi connectivity index (χ3n) is 5.56. The summed E-state index contributed by atoms with van der Waals surface area (Å²) < 4.78 is 32.2. The van der Waals surface area contributed by atoms with Gasteiger partial charge in [0.15, 0.2) is 0 Å². The molecule has 194 valence electrons. The van der Waals surface area contributed by atoms with Gasteiger partial charge in [0.05, 0.1) is 19.3 Å². The number of phosphoric ester groups is 1. The van der Waals surface area contributed by atoms with Crippen molar-refractivity contribution in [3.05, 3.63) is 0 Å². The molecule has 0 aromatic heterocycles. The summed E-state index contributed by atoms with van der Waals surface area (Å²) in [5, 5.41) is 0. The molecule has 0 aliphatic rings. The lowest BCUT2D eigenvalue weighted by molar-refractivity contribution is -0.0668. The van der Waals surface area contributed by atoms with E-state index in [4.69, 9.17) is 14.0 Å². The predicted molar refractivity (Wildman–Crippen MR) is 133 cm³/mol. The molecule has 0 amide bonds.